The second kappa shape index (κ2) is 8.90. The Balaban J connectivity index is 1.19. The van der Waals surface area contributed by atoms with Gasteiger partial charge in [0.15, 0.2) is 5.82 Å². The van der Waals surface area contributed by atoms with Crippen LogP contribution in [0.4, 0.5) is 10.2 Å². The molecule has 2 N–H and O–H groups in total. The first-order valence-corrected chi connectivity index (χ1v) is 11.4. The van der Waals surface area contributed by atoms with E-state index in [0.717, 1.165) is 50.4 Å². The smallest absolute Gasteiger partial charge is 0.269 e. The van der Waals surface area contributed by atoms with Crippen molar-refractivity contribution in [2.45, 2.75) is 38.8 Å². The number of aryl methyl sites for hydroxylation is 1. The monoisotopic (exact) mass is 450 g/mol. The van der Waals surface area contributed by atoms with Crippen LogP contribution in [0.1, 0.15) is 40.9 Å². The zero-order chi connectivity index (χ0) is 22.9. The maximum Gasteiger partial charge on any atom is 0.269 e. The number of nitrogens with zero attached hydrogens (tertiary/aromatic N) is 4. The lowest BCUT2D eigenvalue weighted by Gasteiger charge is -2.35. The Morgan fingerprint density at radius 3 is 2.67 bits per heavy atom. The Labute approximate surface area is 190 Å². The number of halogens is 1. The van der Waals surface area contributed by atoms with E-state index in [1.54, 1.807) is 19.2 Å². The van der Waals surface area contributed by atoms with Crippen molar-refractivity contribution in [2.24, 2.45) is 0 Å². The maximum atomic E-state index is 14.5. The fraction of sp³-hybridized carbons (Fsp3) is 0.417. The molecule has 0 spiro atoms. The fourth-order valence-electron chi connectivity index (χ4n) is 4.31. The number of amides is 1. The minimum atomic E-state index is -0.425. The Morgan fingerprint density at radius 1 is 1.21 bits per heavy atom. The molecule has 5 rings (SSSR count). The number of hydrogen-bond donors (Lipinski definition) is 2. The number of piperazine rings is 1. The summed E-state index contributed by atoms with van der Waals surface area (Å²) in [5, 5.41) is 3.03. The molecule has 0 unspecified atom stereocenters. The van der Waals surface area contributed by atoms with Crippen molar-refractivity contribution in [1.82, 2.24) is 25.2 Å². The first-order chi connectivity index (χ1) is 16.0. The van der Waals surface area contributed by atoms with Gasteiger partial charge in [-0.25, -0.2) is 14.4 Å². The summed E-state index contributed by atoms with van der Waals surface area (Å²) in [6, 6.07) is 7.33. The van der Waals surface area contributed by atoms with Gasteiger partial charge in [-0.3, -0.25) is 14.5 Å². The zero-order valence-corrected chi connectivity index (χ0v) is 18.6. The second-order valence-electron chi connectivity index (χ2n) is 8.89. The van der Waals surface area contributed by atoms with Gasteiger partial charge >= 0.3 is 0 Å². The van der Waals surface area contributed by atoms with E-state index in [0.29, 0.717) is 23.7 Å². The van der Waals surface area contributed by atoms with Gasteiger partial charge in [-0.2, -0.15) is 0 Å². The van der Waals surface area contributed by atoms with Gasteiger partial charge in [-0.1, -0.05) is 0 Å². The number of fused-ring (bicyclic) bond motifs is 1. The van der Waals surface area contributed by atoms with Crippen LogP contribution in [0.25, 0.3) is 11.0 Å². The van der Waals surface area contributed by atoms with Crippen LogP contribution in [0.15, 0.2) is 35.3 Å². The summed E-state index contributed by atoms with van der Waals surface area (Å²) in [7, 11) is 0. The molecule has 2 aliphatic rings. The number of benzene rings is 1. The van der Waals surface area contributed by atoms with E-state index in [-0.39, 0.29) is 22.7 Å². The summed E-state index contributed by atoms with van der Waals surface area (Å²) in [5.74, 6) is 0.370. The lowest BCUT2D eigenvalue weighted by molar-refractivity contribution is 0.0916. The molecule has 0 radical (unpaired) electrons. The van der Waals surface area contributed by atoms with Crippen molar-refractivity contribution < 1.29 is 9.18 Å². The van der Waals surface area contributed by atoms with Crippen molar-refractivity contribution >= 4 is 22.8 Å². The Kier molecular flexibility index (Phi) is 5.80. The SMILES string of the molecule is Cc1nc2c(F)cc(CN3CCN(c4ccc(C(=O)NC5CCC5)cn4)CC3)cc2[nH]c1=O. The van der Waals surface area contributed by atoms with Crippen LogP contribution >= 0.6 is 0 Å². The summed E-state index contributed by atoms with van der Waals surface area (Å²) >= 11 is 0. The largest absolute Gasteiger partial charge is 0.354 e. The number of hydrogen-bond acceptors (Lipinski definition) is 6. The van der Waals surface area contributed by atoms with Gasteiger partial charge in [0.1, 0.15) is 17.0 Å². The van der Waals surface area contributed by atoms with Gasteiger partial charge in [0.25, 0.3) is 11.5 Å². The van der Waals surface area contributed by atoms with Crippen LogP contribution in [-0.4, -0.2) is 58.0 Å². The Hall–Kier alpha value is -3.33. The predicted molar refractivity (Wildman–Crippen MR) is 124 cm³/mol. The molecule has 1 aliphatic heterocycles. The number of nitrogens with one attached hydrogen (secondary N) is 2. The maximum absolute atomic E-state index is 14.5. The highest BCUT2D eigenvalue weighted by atomic mass is 19.1. The highest BCUT2D eigenvalue weighted by Crippen LogP contribution is 2.21. The van der Waals surface area contributed by atoms with E-state index in [2.05, 4.69) is 30.1 Å². The summed E-state index contributed by atoms with van der Waals surface area (Å²) < 4.78 is 14.5. The fourth-order valence-corrected chi connectivity index (χ4v) is 4.31. The molecular formula is C24H27FN6O2. The second-order valence-corrected chi connectivity index (χ2v) is 8.89. The molecule has 3 heterocycles. The number of aromatic amines is 1. The van der Waals surface area contributed by atoms with E-state index >= 15 is 0 Å². The Morgan fingerprint density at radius 2 is 2.00 bits per heavy atom. The third kappa shape index (κ3) is 4.59. The van der Waals surface area contributed by atoms with Crippen LogP contribution in [0, 0.1) is 12.7 Å². The quantitative estimate of drug-likeness (QED) is 0.620. The summed E-state index contributed by atoms with van der Waals surface area (Å²) in [4.78, 5) is 39.8. The van der Waals surface area contributed by atoms with Gasteiger partial charge in [0.2, 0.25) is 0 Å². The third-order valence-electron chi connectivity index (χ3n) is 6.53. The number of pyridine rings is 1. The van der Waals surface area contributed by atoms with E-state index < -0.39 is 5.82 Å². The zero-order valence-electron chi connectivity index (χ0n) is 18.6. The lowest BCUT2D eigenvalue weighted by Crippen LogP contribution is -2.46. The summed E-state index contributed by atoms with van der Waals surface area (Å²) in [6.45, 7) is 5.33. The predicted octanol–water partition coefficient (Wildman–Crippen LogP) is 2.37. The van der Waals surface area contributed by atoms with E-state index in [1.165, 1.54) is 12.5 Å². The molecule has 1 aromatic carbocycles. The number of aromatic nitrogens is 3. The number of H-pyrrole nitrogens is 1. The lowest BCUT2D eigenvalue weighted by atomic mass is 9.93. The van der Waals surface area contributed by atoms with Crippen molar-refractivity contribution in [3.8, 4) is 0 Å². The first-order valence-electron chi connectivity index (χ1n) is 11.4. The van der Waals surface area contributed by atoms with Crippen LogP contribution in [0.3, 0.4) is 0 Å². The van der Waals surface area contributed by atoms with Crippen LogP contribution in [0.5, 0.6) is 0 Å². The molecule has 1 aliphatic carbocycles. The molecule has 0 atom stereocenters. The minimum Gasteiger partial charge on any atom is -0.354 e. The number of carbonyl (C=O) groups excluding carboxylic acids is 1. The molecule has 2 aromatic heterocycles. The third-order valence-corrected chi connectivity index (χ3v) is 6.53. The number of carbonyl (C=O) groups is 1. The molecule has 1 amide bonds. The summed E-state index contributed by atoms with van der Waals surface area (Å²) in [5.41, 5.74) is 1.96. The molecule has 1 saturated carbocycles. The number of anilines is 1. The highest BCUT2D eigenvalue weighted by Gasteiger charge is 2.22. The molecule has 172 valence electrons. The molecule has 2 fully saturated rings. The van der Waals surface area contributed by atoms with Gasteiger partial charge < -0.3 is 15.2 Å². The normalized spacial score (nSPS) is 17.2. The van der Waals surface area contributed by atoms with Crippen LogP contribution in [0.2, 0.25) is 0 Å². The molecular weight excluding hydrogens is 423 g/mol. The standard InChI is InChI=1S/C24H27FN6O2/c1-15-23(32)29-20-12-16(11-19(25)22(20)27-15)14-30-7-9-31(10-8-30)21-6-5-17(13-26-21)24(33)28-18-3-2-4-18/h5-6,11-13,18H,2-4,7-10,14H2,1H3,(H,28,33)(H,29,32). The topological polar surface area (TPSA) is 94.2 Å². The molecule has 1 saturated heterocycles. The molecule has 33 heavy (non-hydrogen) atoms. The molecule has 8 nitrogen and oxygen atoms in total. The van der Waals surface area contributed by atoms with Crippen molar-refractivity contribution in [1.29, 1.82) is 0 Å². The minimum absolute atomic E-state index is 0.0575. The molecule has 3 aromatic rings. The average molecular weight is 451 g/mol. The highest BCUT2D eigenvalue weighted by molar-refractivity contribution is 5.94. The van der Waals surface area contributed by atoms with Crippen LogP contribution in [-0.2, 0) is 6.54 Å². The Bertz CT molecular complexity index is 1230. The van der Waals surface area contributed by atoms with E-state index in [1.807, 2.05) is 12.1 Å². The average Bonchev–Trinajstić information content (AvgIpc) is 2.78. The van der Waals surface area contributed by atoms with Crippen molar-refractivity contribution in [2.75, 3.05) is 31.1 Å². The van der Waals surface area contributed by atoms with E-state index in [9.17, 15) is 14.0 Å². The molecule has 0 bridgehead atoms. The van der Waals surface area contributed by atoms with Gasteiger partial charge in [-0.15, -0.1) is 0 Å². The summed E-state index contributed by atoms with van der Waals surface area (Å²) in [6.07, 6.45) is 4.94. The molecule has 9 heteroatoms. The van der Waals surface area contributed by atoms with Crippen molar-refractivity contribution in [3.05, 3.63) is 63.5 Å². The van der Waals surface area contributed by atoms with Gasteiger partial charge in [0.05, 0.1) is 11.1 Å². The first kappa shape index (κ1) is 21.5. The number of rotatable bonds is 5. The van der Waals surface area contributed by atoms with Gasteiger partial charge in [-0.05, 0) is 56.0 Å². The van der Waals surface area contributed by atoms with Crippen molar-refractivity contribution in [3.63, 3.8) is 0 Å². The van der Waals surface area contributed by atoms with Gasteiger partial charge in [0, 0.05) is 45.0 Å². The van der Waals surface area contributed by atoms with Crippen LogP contribution < -0.4 is 15.8 Å². The van der Waals surface area contributed by atoms with E-state index in [4.69, 9.17) is 0 Å².